The van der Waals surface area contributed by atoms with E-state index in [0.717, 1.165) is 0 Å². The minimum atomic E-state index is -0.531. The molecule has 0 saturated heterocycles. The maximum absolute atomic E-state index is 13.5. The number of nitrogens with two attached hydrogens (primary N) is 1. The maximum atomic E-state index is 13.5. The molecule has 0 fully saturated rings. The van der Waals surface area contributed by atoms with Gasteiger partial charge in [-0.15, -0.1) is 0 Å². The second-order valence-electron chi connectivity index (χ2n) is 4.81. The molecule has 0 aliphatic heterocycles. The van der Waals surface area contributed by atoms with E-state index < -0.39 is 5.82 Å². The summed E-state index contributed by atoms with van der Waals surface area (Å²) in [5.74, 6) is -0.351. The highest BCUT2D eigenvalue weighted by Crippen LogP contribution is 2.27. The molecular formula is C16H15Cl2FN2O2. The van der Waals surface area contributed by atoms with E-state index in [2.05, 4.69) is 5.32 Å². The molecule has 23 heavy (non-hydrogen) atoms. The number of anilines is 2. The summed E-state index contributed by atoms with van der Waals surface area (Å²) in [5, 5.41) is 3.40. The lowest BCUT2D eigenvalue weighted by Gasteiger charge is -2.09. The molecule has 0 radical (unpaired) electrons. The van der Waals surface area contributed by atoms with E-state index in [9.17, 15) is 9.18 Å². The normalized spacial score (nSPS) is 10.4. The van der Waals surface area contributed by atoms with Crippen LogP contribution in [-0.2, 0) is 4.79 Å². The zero-order chi connectivity index (χ0) is 16.8. The molecule has 2 rings (SSSR count). The standard InChI is InChI=1S/C16H15Cl2FN2O2/c17-10-3-6-15(12(18)8-10)23-7-1-2-16(22)21-14-9-11(20)4-5-13(14)19/h3-6,8-9H,1-2,7,20H2,(H,21,22). The molecule has 0 aliphatic carbocycles. The summed E-state index contributed by atoms with van der Waals surface area (Å²) < 4.78 is 19.0. The minimum Gasteiger partial charge on any atom is -0.492 e. The smallest absolute Gasteiger partial charge is 0.224 e. The van der Waals surface area contributed by atoms with Crippen molar-refractivity contribution in [3.05, 3.63) is 52.3 Å². The minimum absolute atomic E-state index is 0.0664. The van der Waals surface area contributed by atoms with Gasteiger partial charge in [-0.1, -0.05) is 23.2 Å². The fraction of sp³-hybridized carbons (Fsp3) is 0.188. The Hall–Kier alpha value is -1.98. The molecule has 0 atom stereocenters. The Morgan fingerprint density at radius 2 is 2.00 bits per heavy atom. The Morgan fingerprint density at radius 1 is 1.22 bits per heavy atom. The summed E-state index contributed by atoms with van der Waals surface area (Å²) >= 11 is 11.8. The summed E-state index contributed by atoms with van der Waals surface area (Å²) in [4.78, 5) is 11.8. The first-order valence-electron chi connectivity index (χ1n) is 6.88. The van der Waals surface area contributed by atoms with Crippen molar-refractivity contribution in [3.8, 4) is 5.75 Å². The average molecular weight is 357 g/mol. The number of benzene rings is 2. The van der Waals surface area contributed by atoms with Gasteiger partial charge in [0.15, 0.2) is 0 Å². The molecule has 0 aliphatic rings. The van der Waals surface area contributed by atoms with Crippen LogP contribution in [0.4, 0.5) is 15.8 Å². The van der Waals surface area contributed by atoms with Crippen LogP contribution in [0.2, 0.25) is 10.0 Å². The summed E-state index contributed by atoms with van der Waals surface area (Å²) in [6.07, 6.45) is 0.633. The van der Waals surface area contributed by atoms with Crippen LogP contribution < -0.4 is 15.8 Å². The Kier molecular flexibility index (Phi) is 6.07. The number of nitrogen functional groups attached to an aromatic ring is 1. The fourth-order valence-electron chi connectivity index (χ4n) is 1.86. The van der Waals surface area contributed by atoms with Gasteiger partial charge in [0, 0.05) is 17.1 Å². The van der Waals surface area contributed by atoms with E-state index >= 15 is 0 Å². The Morgan fingerprint density at radius 3 is 2.74 bits per heavy atom. The number of halogens is 3. The van der Waals surface area contributed by atoms with E-state index in [1.807, 2.05) is 0 Å². The van der Waals surface area contributed by atoms with E-state index in [-0.39, 0.29) is 18.0 Å². The molecule has 122 valence electrons. The topological polar surface area (TPSA) is 64.3 Å². The fourth-order valence-corrected chi connectivity index (χ4v) is 2.32. The second kappa shape index (κ2) is 8.04. The first-order chi connectivity index (χ1) is 11.0. The second-order valence-corrected chi connectivity index (χ2v) is 5.66. The van der Waals surface area contributed by atoms with Crippen molar-refractivity contribution in [2.75, 3.05) is 17.7 Å². The molecule has 0 aromatic heterocycles. The third-order valence-electron chi connectivity index (χ3n) is 2.96. The van der Waals surface area contributed by atoms with Crippen LogP contribution in [0.5, 0.6) is 5.75 Å². The highest BCUT2D eigenvalue weighted by Gasteiger charge is 2.08. The van der Waals surface area contributed by atoms with E-state index in [1.54, 1.807) is 18.2 Å². The number of rotatable bonds is 6. The molecule has 0 bridgehead atoms. The van der Waals surface area contributed by atoms with Gasteiger partial charge in [-0.3, -0.25) is 4.79 Å². The maximum Gasteiger partial charge on any atom is 0.224 e. The van der Waals surface area contributed by atoms with Crippen LogP contribution in [0.1, 0.15) is 12.8 Å². The van der Waals surface area contributed by atoms with Crippen molar-refractivity contribution in [1.29, 1.82) is 0 Å². The van der Waals surface area contributed by atoms with Gasteiger partial charge in [-0.05, 0) is 42.8 Å². The highest BCUT2D eigenvalue weighted by atomic mass is 35.5. The molecule has 0 heterocycles. The van der Waals surface area contributed by atoms with Crippen molar-refractivity contribution in [3.63, 3.8) is 0 Å². The average Bonchev–Trinajstić information content (AvgIpc) is 2.49. The number of ether oxygens (including phenoxy) is 1. The van der Waals surface area contributed by atoms with Gasteiger partial charge >= 0.3 is 0 Å². The number of amides is 1. The Bertz CT molecular complexity index is 710. The van der Waals surface area contributed by atoms with Crippen molar-refractivity contribution < 1.29 is 13.9 Å². The van der Waals surface area contributed by atoms with E-state index in [0.29, 0.717) is 34.5 Å². The van der Waals surface area contributed by atoms with Crippen LogP contribution in [0, 0.1) is 5.82 Å². The third kappa shape index (κ3) is 5.30. The first-order valence-corrected chi connectivity index (χ1v) is 7.64. The van der Waals surface area contributed by atoms with Crippen molar-refractivity contribution >= 4 is 40.5 Å². The van der Waals surface area contributed by atoms with Gasteiger partial charge in [-0.25, -0.2) is 4.39 Å². The van der Waals surface area contributed by atoms with Crippen LogP contribution in [0.25, 0.3) is 0 Å². The lowest BCUT2D eigenvalue weighted by atomic mass is 10.2. The number of carbonyl (C=O) groups is 1. The van der Waals surface area contributed by atoms with Gasteiger partial charge in [-0.2, -0.15) is 0 Å². The van der Waals surface area contributed by atoms with Crippen LogP contribution in [0.15, 0.2) is 36.4 Å². The SMILES string of the molecule is Nc1ccc(F)c(NC(=O)CCCOc2ccc(Cl)cc2Cl)c1. The zero-order valence-corrected chi connectivity index (χ0v) is 13.6. The van der Waals surface area contributed by atoms with Crippen LogP contribution in [-0.4, -0.2) is 12.5 Å². The van der Waals surface area contributed by atoms with Crippen LogP contribution in [0.3, 0.4) is 0 Å². The van der Waals surface area contributed by atoms with Gasteiger partial charge in [0.1, 0.15) is 11.6 Å². The van der Waals surface area contributed by atoms with E-state index in [1.165, 1.54) is 18.2 Å². The summed E-state index contributed by atoms with van der Waals surface area (Å²) in [7, 11) is 0. The summed E-state index contributed by atoms with van der Waals surface area (Å²) in [5.41, 5.74) is 6.00. The molecule has 1 amide bonds. The van der Waals surface area contributed by atoms with E-state index in [4.69, 9.17) is 33.7 Å². The summed E-state index contributed by atoms with van der Waals surface area (Å²) in [6.45, 7) is 0.300. The number of carbonyl (C=O) groups excluding carboxylic acids is 1. The lowest BCUT2D eigenvalue weighted by Crippen LogP contribution is -2.14. The molecule has 2 aromatic carbocycles. The number of hydrogen-bond acceptors (Lipinski definition) is 3. The molecule has 0 saturated carbocycles. The molecule has 0 spiro atoms. The third-order valence-corrected chi connectivity index (χ3v) is 3.49. The lowest BCUT2D eigenvalue weighted by molar-refractivity contribution is -0.116. The van der Waals surface area contributed by atoms with Gasteiger partial charge in [0.25, 0.3) is 0 Å². The van der Waals surface area contributed by atoms with Gasteiger partial charge in [0.05, 0.1) is 17.3 Å². The molecular weight excluding hydrogens is 342 g/mol. The molecule has 7 heteroatoms. The highest BCUT2D eigenvalue weighted by molar-refractivity contribution is 6.35. The number of hydrogen-bond donors (Lipinski definition) is 2. The number of nitrogens with one attached hydrogen (secondary N) is 1. The first kappa shape index (κ1) is 17.4. The molecule has 0 unspecified atom stereocenters. The largest absolute Gasteiger partial charge is 0.492 e. The van der Waals surface area contributed by atoms with Gasteiger partial charge < -0.3 is 15.8 Å². The zero-order valence-electron chi connectivity index (χ0n) is 12.1. The van der Waals surface area contributed by atoms with Gasteiger partial charge in [0.2, 0.25) is 5.91 Å². The summed E-state index contributed by atoms with van der Waals surface area (Å²) in [6, 6.07) is 8.90. The van der Waals surface area contributed by atoms with Crippen molar-refractivity contribution in [2.45, 2.75) is 12.8 Å². The molecule has 3 N–H and O–H groups in total. The van der Waals surface area contributed by atoms with Crippen LogP contribution >= 0.6 is 23.2 Å². The predicted octanol–water partition coefficient (Wildman–Crippen LogP) is 4.51. The Balaban J connectivity index is 1.77. The van der Waals surface area contributed by atoms with Crippen molar-refractivity contribution in [2.24, 2.45) is 0 Å². The quantitative estimate of drug-likeness (QED) is 0.591. The molecule has 2 aromatic rings. The monoisotopic (exact) mass is 356 g/mol. The molecule has 4 nitrogen and oxygen atoms in total. The van der Waals surface area contributed by atoms with Crippen molar-refractivity contribution in [1.82, 2.24) is 0 Å². The predicted molar refractivity (Wildman–Crippen MR) is 90.6 cm³/mol. The Labute approximate surface area is 143 Å².